The summed E-state index contributed by atoms with van der Waals surface area (Å²) in [5, 5.41) is 5.73. The zero-order valence-electron chi connectivity index (χ0n) is 10.7. The third-order valence-electron chi connectivity index (χ3n) is 2.22. The van der Waals surface area contributed by atoms with Gasteiger partial charge >= 0.3 is 5.97 Å². The van der Waals surface area contributed by atoms with Gasteiger partial charge in [0.15, 0.2) is 10.8 Å². The van der Waals surface area contributed by atoms with Gasteiger partial charge in [-0.05, 0) is 25.7 Å². The molecular formula is C12H20N2O2S. The summed E-state index contributed by atoms with van der Waals surface area (Å²) in [6, 6.07) is 0. The van der Waals surface area contributed by atoms with Crippen LogP contribution in [0.4, 0.5) is 5.13 Å². The number of anilines is 1. The van der Waals surface area contributed by atoms with Crippen LogP contribution in [0, 0.1) is 5.92 Å². The van der Waals surface area contributed by atoms with Gasteiger partial charge in [-0.25, -0.2) is 9.78 Å². The average Bonchev–Trinajstić information content (AvgIpc) is 2.73. The van der Waals surface area contributed by atoms with Crippen molar-refractivity contribution in [3.8, 4) is 0 Å². The van der Waals surface area contributed by atoms with Crippen LogP contribution in [0.1, 0.15) is 44.1 Å². The molecule has 0 amide bonds. The Balaban J connectivity index is 2.33. The van der Waals surface area contributed by atoms with Gasteiger partial charge in [0.1, 0.15) is 0 Å². The Morgan fingerprint density at radius 3 is 3.00 bits per heavy atom. The van der Waals surface area contributed by atoms with E-state index in [1.807, 2.05) is 0 Å². The van der Waals surface area contributed by atoms with E-state index in [0.717, 1.165) is 24.0 Å². The van der Waals surface area contributed by atoms with Crippen molar-refractivity contribution in [2.45, 2.75) is 33.6 Å². The summed E-state index contributed by atoms with van der Waals surface area (Å²) in [6.45, 7) is 7.49. The van der Waals surface area contributed by atoms with Crippen LogP contribution in [0.15, 0.2) is 5.38 Å². The van der Waals surface area contributed by atoms with Gasteiger partial charge in [-0.2, -0.15) is 0 Å². The highest BCUT2D eigenvalue weighted by Crippen LogP contribution is 2.16. The number of aromatic nitrogens is 1. The van der Waals surface area contributed by atoms with Crippen molar-refractivity contribution in [1.82, 2.24) is 4.98 Å². The third-order valence-corrected chi connectivity index (χ3v) is 3.02. The first-order chi connectivity index (χ1) is 8.13. The Labute approximate surface area is 106 Å². The molecule has 17 heavy (non-hydrogen) atoms. The molecule has 0 saturated heterocycles. The Morgan fingerprint density at radius 1 is 1.59 bits per heavy atom. The molecule has 0 aliphatic heterocycles. The lowest BCUT2D eigenvalue weighted by molar-refractivity contribution is 0.0520. The minimum Gasteiger partial charge on any atom is -0.461 e. The third kappa shape index (κ3) is 5.17. The number of rotatable bonds is 7. The van der Waals surface area contributed by atoms with Crippen LogP contribution in [0.5, 0.6) is 0 Å². The van der Waals surface area contributed by atoms with Gasteiger partial charge < -0.3 is 10.1 Å². The van der Waals surface area contributed by atoms with E-state index >= 15 is 0 Å². The molecule has 0 spiro atoms. The number of esters is 1. The standard InChI is InChI=1S/C12H20N2O2S/c1-4-16-11(15)10-8-17-12(14-10)13-7-5-6-9(2)3/h8-9H,4-7H2,1-3H3,(H,13,14). The van der Waals surface area contributed by atoms with Crippen molar-refractivity contribution in [1.29, 1.82) is 0 Å². The first-order valence-corrected chi connectivity index (χ1v) is 6.88. The largest absolute Gasteiger partial charge is 0.461 e. The molecule has 0 aliphatic rings. The molecule has 5 heteroatoms. The molecule has 1 N–H and O–H groups in total. The van der Waals surface area contributed by atoms with Crippen LogP contribution in [-0.2, 0) is 4.74 Å². The van der Waals surface area contributed by atoms with E-state index < -0.39 is 0 Å². The van der Waals surface area contributed by atoms with E-state index in [1.54, 1.807) is 12.3 Å². The lowest BCUT2D eigenvalue weighted by Crippen LogP contribution is -2.06. The minimum absolute atomic E-state index is 0.348. The molecule has 0 radical (unpaired) electrons. The monoisotopic (exact) mass is 256 g/mol. The number of nitrogens with one attached hydrogen (secondary N) is 1. The number of carbonyl (C=O) groups is 1. The normalized spacial score (nSPS) is 10.6. The van der Waals surface area contributed by atoms with Crippen LogP contribution < -0.4 is 5.32 Å². The molecule has 0 saturated carbocycles. The maximum atomic E-state index is 11.4. The van der Waals surface area contributed by atoms with Crippen molar-refractivity contribution in [3.63, 3.8) is 0 Å². The first kappa shape index (κ1) is 14.0. The number of hydrogen-bond donors (Lipinski definition) is 1. The van der Waals surface area contributed by atoms with E-state index in [9.17, 15) is 4.79 Å². The Kier molecular flexibility index (Phi) is 5.97. The van der Waals surface area contributed by atoms with Crippen LogP contribution in [0.2, 0.25) is 0 Å². The van der Waals surface area contributed by atoms with E-state index in [1.165, 1.54) is 17.8 Å². The maximum absolute atomic E-state index is 11.4. The second-order valence-electron chi connectivity index (χ2n) is 4.22. The predicted octanol–water partition coefficient (Wildman–Crippen LogP) is 3.17. The fourth-order valence-electron chi connectivity index (χ4n) is 1.36. The number of hydrogen-bond acceptors (Lipinski definition) is 5. The first-order valence-electron chi connectivity index (χ1n) is 6.00. The summed E-state index contributed by atoms with van der Waals surface area (Å²) < 4.78 is 4.88. The predicted molar refractivity (Wildman–Crippen MR) is 70.6 cm³/mol. The number of thiazole rings is 1. The second kappa shape index (κ2) is 7.27. The Morgan fingerprint density at radius 2 is 2.35 bits per heavy atom. The number of ether oxygens (including phenoxy) is 1. The molecule has 0 atom stereocenters. The highest BCUT2D eigenvalue weighted by Gasteiger charge is 2.10. The van der Waals surface area contributed by atoms with Crippen LogP contribution >= 0.6 is 11.3 Å². The van der Waals surface area contributed by atoms with Crippen molar-refractivity contribution in [2.24, 2.45) is 5.92 Å². The van der Waals surface area contributed by atoms with Crippen molar-refractivity contribution < 1.29 is 9.53 Å². The highest BCUT2D eigenvalue weighted by molar-refractivity contribution is 7.13. The van der Waals surface area contributed by atoms with Crippen molar-refractivity contribution in [3.05, 3.63) is 11.1 Å². The van der Waals surface area contributed by atoms with Gasteiger partial charge in [0.25, 0.3) is 0 Å². The lowest BCUT2D eigenvalue weighted by Gasteiger charge is -2.04. The van der Waals surface area contributed by atoms with Gasteiger partial charge in [-0.3, -0.25) is 0 Å². The molecule has 1 aromatic rings. The fraction of sp³-hybridized carbons (Fsp3) is 0.667. The lowest BCUT2D eigenvalue weighted by atomic mass is 10.1. The van der Waals surface area contributed by atoms with Crippen LogP contribution in [-0.4, -0.2) is 24.1 Å². The topological polar surface area (TPSA) is 51.2 Å². The molecule has 96 valence electrons. The molecule has 0 bridgehead atoms. The molecule has 1 aromatic heterocycles. The Hall–Kier alpha value is -1.10. The van der Waals surface area contributed by atoms with Gasteiger partial charge in [-0.1, -0.05) is 13.8 Å². The maximum Gasteiger partial charge on any atom is 0.357 e. The molecule has 1 heterocycles. The van der Waals surface area contributed by atoms with Crippen LogP contribution in [0.25, 0.3) is 0 Å². The van der Waals surface area contributed by atoms with E-state index in [2.05, 4.69) is 24.1 Å². The molecule has 0 aliphatic carbocycles. The van der Waals surface area contributed by atoms with E-state index in [-0.39, 0.29) is 5.97 Å². The summed E-state index contributed by atoms with van der Waals surface area (Å²) in [4.78, 5) is 15.5. The SMILES string of the molecule is CCOC(=O)c1csc(NCCCC(C)C)n1. The van der Waals surface area contributed by atoms with Crippen LogP contribution in [0.3, 0.4) is 0 Å². The van der Waals surface area contributed by atoms with Gasteiger partial charge in [0.05, 0.1) is 6.61 Å². The Bertz CT molecular complexity index is 350. The highest BCUT2D eigenvalue weighted by atomic mass is 32.1. The van der Waals surface area contributed by atoms with Gasteiger partial charge in [0.2, 0.25) is 0 Å². The summed E-state index contributed by atoms with van der Waals surface area (Å²) in [5.74, 6) is 0.377. The zero-order valence-corrected chi connectivity index (χ0v) is 11.5. The fourth-order valence-corrected chi connectivity index (χ4v) is 2.07. The van der Waals surface area contributed by atoms with E-state index in [0.29, 0.717) is 12.3 Å². The zero-order chi connectivity index (χ0) is 12.7. The van der Waals surface area contributed by atoms with E-state index in [4.69, 9.17) is 4.74 Å². The number of carbonyl (C=O) groups excluding carboxylic acids is 1. The summed E-state index contributed by atoms with van der Waals surface area (Å²) >= 11 is 1.44. The molecule has 4 nitrogen and oxygen atoms in total. The molecule has 0 aromatic carbocycles. The average molecular weight is 256 g/mol. The molecule has 1 rings (SSSR count). The van der Waals surface area contributed by atoms with Gasteiger partial charge in [0, 0.05) is 11.9 Å². The quantitative estimate of drug-likeness (QED) is 0.601. The summed E-state index contributed by atoms with van der Waals surface area (Å²) in [6.07, 6.45) is 2.31. The second-order valence-corrected chi connectivity index (χ2v) is 5.08. The van der Waals surface area contributed by atoms with Crippen molar-refractivity contribution in [2.75, 3.05) is 18.5 Å². The summed E-state index contributed by atoms with van der Waals surface area (Å²) in [7, 11) is 0. The summed E-state index contributed by atoms with van der Waals surface area (Å²) in [5.41, 5.74) is 0.392. The molecule has 0 fully saturated rings. The molecule has 0 unspecified atom stereocenters. The molecular weight excluding hydrogens is 236 g/mol. The smallest absolute Gasteiger partial charge is 0.357 e. The minimum atomic E-state index is -0.348. The number of nitrogens with zero attached hydrogens (tertiary/aromatic N) is 1. The van der Waals surface area contributed by atoms with Crippen molar-refractivity contribution >= 4 is 22.4 Å². The van der Waals surface area contributed by atoms with Gasteiger partial charge in [-0.15, -0.1) is 11.3 Å².